The number of nitrogens with zero attached hydrogens (tertiary/aromatic N) is 8. The maximum Gasteiger partial charge on any atom is 0.332 e. The Morgan fingerprint density at radius 3 is 1.12 bits per heavy atom. The first kappa shape index (κ1) is 47.2. The lowest BCUT2D eigenvalue weighted by atomic mass is 10.1. The minimum absolute atomic E-state index is 0.111. The highest BCUT2D eigenvalue weighted by Crippen LogP contribution is 2.36. The molecule has 0 aliphatic heterocycles. The number of imidazole rings is 2. The number of hydrogen-bond donors (Lipinski definition) is 0. The molecule has 2 aromatic carbocycles. The molecule has 0 spiro atoms. The third kappa shape index (κ3) is 9.08. The molecule has 4 aromatic heterocycles. The molecular weight excluding hydrogens is 902 g/mol. The zero-order valence-electron chi connectivity index (χ0n) is 36.5. The summed E-state index contributed by atoms with van der Waals surface area (Å²) in [5.41, 5.74) is 1.37. The zero-order chi connectivity index (χ0) is 46.0. The molecule has 14 nitrogen and oxygen atoms in total. The first-order valence-corrected chi connectivity index (χ1v) is 23.6. The highest BCUT2D eigenvalue weighted by Gasteiger charge is 2.33. The fraction of sp³-hybridized carbons (Fsp3) is 0.478. The van der Waals surface area contributed by atoms with Gasteiger partial charge in [0.25, 0.3) is 11.1 Å². The molecule has 2 atom stereocenters. The predicted molar refractivity (Wildman–Crippen MR) is 252 cm³/mol. The predicted octanol–water partition coefficient (Wildman–Crippen LogP) is 8.74. The van der Waals surface area contributed by atoms with Gasteiger partial charge in [0.2, 0.25) is 0 Å². The van der Waals surface area contributed by atoms with Gasteiger partial charge >= 0.3 is 11.4 Å². The molecule has 0 N–H and O–H groups in total. The van der Waals surface area contributed by atoms with E-state index in [0.29, 0.717) is 143 Å². The highest BCUT2D eigenvalue weighted by atomic mass is 35.5. The Balaban J connectivity index is 0.000000191. The smallest absolute Gasteiger partial charge is 0.317 e. The average molecular weight is 955 g/mol. The Hall–Kier alpha value is -4.76. The van der Waals surface area contributed by atoms with Crippen LogP contribution in [0.3, 0.4) is 0 Å². The summed E-state index contributed by atoms with van der Waals surface area (Å²) in [5.74, 6) is 1.41. The van der Waals surface area contributed by atoms with E-state index in [1.165, 1.54) is 9.13 Å². The van der Waals surface area contributed by atoms with E-state index in [1.807, 2.05) is 36.8 Å². The molecule has 4 heterocycles. The molecule has 0 radical (unpaired) electrons. The average Bonchev–Trinajstić information content (AvgIpc) is 4.07. The van der Waals surface area contributed by atoms with Crippen molar-refractivity contribution >= 4 is 80.3 Å². The summed E-state index contributed by atoms with van der Waals surface area (Å²) in [6.45, 7) is 9.83. The second kappa shape index (κ2) is 20.2. The zero-order valence-corrected chi connectivity index (χ0v) is 39.5. The fourth-order valence-corrected chi connectivity index (χ4v) is 10.0. The molecule has 64 heavy (non-hydrogen) atoms. The van der Waals surface area contributed by atoms with E-state index in [2.05, 4.69) is 0 Å². The number of aromatic nitrogens is 8. The normalized spacial score (nSPS) is 16.4. The van der Waals surface area contributed by atoms with Crippen LogP contribution < -0.4 is 22.5 Å². The number of carbonyl (C=O) groups excluding carboxylic acids is 2. The van der Waals surface area contributed by atoms with Crippen molar-refractivity contribution in [3.8, 4) is 0 Å². The Kier molecular flexibility index (Phi) is 14.9. The lowest BCUT2D eigenvalue weighted by molar-refractivity contribution is -0.118. The fourth-order valence-electron chi connectivity index (χ4n) is 9.00. The third-order valence-electron chi connectivity index (χ3n) is 12.1. The van der Waals surface area contributed by atoms with Crippen molar-refractivity contribution in [3.05, 3.63) is 121 Å². The summed E-state index contributed by atoms with van der Waals surface area (Å²) in [7, 11) is 0. The van der Waals surface area contributed by atoms with Gasteiger partial charge in [0.05, 0.1) is 13.1 Å². The lowest BCUT2D eigenvalue weighted by Gasteiger charge is -2.15. The highest BCUT2D eigenvalue weighted by molar-refractivity contribution is 6.36. The summed E-state index contributed by atoms with van der Waals surface area (Å²) >= 11 is 25.8. The SMILES string of the molecule is CCCn1c(=O)c2c(nc([C@H]3CCC(=O)C3)n2Cc2c(Cl)cccc2Cl)n(CCC)c1=O.CCCn1c(=O)c2c(nc([C@H]3CCC(=O)C3)n2Cc2c(Cl)cccc2Cl)n(CCC)c1=O. The van der Waals surface area contributed by atoms with Gasteiger partial charge in [0.1, 0.15) is 23.2 Å². The van der Waals surface area contributed by atoms with Gasteiger partial charge in [-0.05, 0) is 62.8 Å². The van der Waals surface area contributed by atoms with Crippen molar-refractivity contribution in [2.45, 2.75) is 143 Å². The van der Waals surface area contributed by atoms with E-state index in [4.69, 9.17) is 56.4 Å². The van der Waals surface area contributed by atoms with Crippen LogP contribution in [0.4, 0.5) is 0 Å². The van der Waals surface area contributed by atoms with E-state index in [0.717, 1.165) is 12.8 Å². The third-order valence-corrected chi connectivity index (χ3v) is 13.5. The van der Waals surface area contributed by atoms with Crippen LogP contribution in [0, 0.1) is 0 Å². The van der Waals surface area contributed by atoms with Crippen LogP contribution in [0.1, 0.15) is 127 Å². The Morgan fingerprint density at radius 2 is 0.828 bits per heavy atom. The van der Waals surface area contributed by atoms with Gasteiger partial charge in [0.15, 0.2) is 22.3 Å². The van der Waals surface area contributed by atoms with E-state index < -0.39 is 0 Å². The van der Waals surface area contributed by atoms with Crippen molar-refractivity contribution in [2.75, 3.05) is 0 Å². The van der Waals surface area contributed by atoms with Crippen molar-refractivity contribution in [1.29, 1.82) is 0 Å². The second-order valence-electron chi connectivity index (χ2n) is 16.6. The number of carbonyl (C=O) groups is 2. The van der Waals surface area contributed by atoms with E-state index in [1.54, 1.807) is 45.5 Å². The summed E-state index contributed by atoms with van der Waals surface area (Å²) in [5, 5.41) is 1.96. The molecule has 18 heteroatoms. The van der Waals surface area contributed by atoms with Crippen molar-refractivity contribution < 1.29 is 9.59 Å². The molecule has 0 saturated heterocycles. The Morgan fingerprint density at radius 1 is 0.500 bits per heavy atom. The number of hydrogen-bond acceptors (Lipinski definition) is 8. The number of fused-ring (bicyclic) bond motifs is 2. The van der Waals surface area contributed by atoms with Gasteiger partial charge < -0.3 is 9.13 Å². The standard InChI is InChI=1S/2C23H26Cl2N4O3/c2*1-3-10-27-21-19(22(31)28(11-4-2)23(27)32)29(13-16-17(24)6-5-7-18(16)25)20(26-21)14-8-9-15(30)12-14/h2*5-7,14H,3-4,8-13H2,1-2H3/t2*14-/m00/s1. The molecule has 2 aliphatic rings. The maximum atomic E-state index is 13.5. The van der Waals surface area contributed by atoms with Gasteiger partial charge in [-0.15, -0.1) is 0 Å². The summed E-state index contributed by atoms with van der Waals surface area (Å²) < 4.78 is 9.38. The second-order valence-corrected chi connectivity index (χ2v) is 18.2. The number of Topliss-reactive ketones (excluding diaryl/α,β-unsaturated/α-hetero) is 2. The number of benzene rings is 2. The summed E-state index contributed by atoms with van der Waals surface area (Å²) in [4.78, 5) is 87.0. The number of rotatable bonds is 14. The quantitative estimate of drug-likeness (QED) is 0.105. The van der Waals surface area contributed by atoms with Gasteiger partial charge in [-0.25, -0.2) is 19.6 Å². The first-order chi connectivity index (χ1) is 30.7. The molecule has 6 aromatic rings. The van der Waals surface area contributed by atoms with Gasteiger partial charge in [-0.1, -0.05) is 86.2 Å². The van der Waals surface area contributed by atoms with Gasteiger partial charge in [-0.2, -0.15) is 0 Å². The van der Waals surface area contributed by atoms with E-state index >= 15 is 0 Å². The maximum absolute atomic E-state index is 13.5. The largest absolute Gasteiger partial charge is 0.332 e. The number of halogens is 4. The minimum Gasteiger partial charge on any atom is -0.317 e. The van der Waals surface area contributed by atoms with Crippen LogP contribution in [-0.2, 0) is 48.9 Å². The van der Waals surface area contributed by atoms with Crippen LogP contribution >= 0.6 is 46.4 Å². The van der Waals surface area contributed by atoms with Crippen LogP contribution in [0.2, 0.25) is 20.1 Å². The van der Waals surface area contributed by atoms with Crippen molar-refractivity contribution in [1.82, 2.24) is 37.4 Å². The Bertz CT molecular complexity index is 2770. The van der Waals surface area contributed by atoms with Crippen LogP contribution in [-0.4, -0.2) is 48.9 Å². The van der Waals surface area contributed by atoms with E-state index in [-0.39, 0.29) is 59.0 Å². The number of ketones is 2. The molecule has 8 rings (SSSR count). The summed E-state index contributed by atoms with van der Waals surface area (Å²) in [6, 6.07) is 10.5. The molecule has 0 amide bonds. The summed E-state index contributed by atoms with van der Waals surface area (Å²) in [6.07, 6.45) is 5.81. The first-order valence-electron chi connectivity index (χ1n) is 22.1. The molecule has 2 fully saturated rings. The van der Waals surface area contributed by atoms with Crippen LogP contribution in [0.25, 0.3) is 22.3 Å². The van der Waals surface area contributed by atoms with E-state index in [9.17, 15) is 28.8 Å². The molecule has 2 aliphatic carbocycles. The van der Waals surface area contributed by atoms with Crippen LogP contribution in [0.15, 0.2) is 55.6 Å². The van der Waals surface area contributed by atoms with Crippen molar-refractivity contribution in [2.24, 2.45) is 0 Å². The lowest BCUT2D eigenvalue weighted by Crippen LogP contribution is -2.40. The molecule has 0 unspecified atom stereocenters. The van der Waals surface area contributed by atoms with Gasteiger partial charge in [0, 0.05) is 94.9 Å². The topological polar surface area (TPSA) is 158 Å². The van der Waals surface area contributed by atoms with Gasteiger partial charge in [-0.3, -0.25) is 37.4 Å². The monoisotopic (exact) mass is 952 g/mol. The van der Waals surface area contributed by atoms with Crippen molar-refractivity contribution in [3.63, 3.8) is 0 Å². The number of aryl methyl sites for hydroxylation is 2. The Labute approximate surface area is 389 Å². The van der Waals surface area contributed by atoms with Crippen LogP contribution in [0.5, 0.6) is 0 Å². The minimum atomic E-state index is -0.370. The molecule has 340 valence electrons. The molecule has 0 bridgehead atoms. The molecule has 2 saturated carbocycles. The molecular formula is C46H52Cl4N8O6.